The lowest BCUT2D eigenvalue weighted by Crippen LogP contribution is -1.97. The molecule has 1 unspecified atom stereocenters. The fourth-order valence-electron chi connectivity index (χ4n) is 0.472. The lowest BCUT2D eigenvalue weighted by Gasteiger charge is -1.85. The van der Waals surface area contributed by atoms with Crippen LogP contribution in [0.5, 0.6) is 0 Å². The third kappa shape index (κ3) is 7.60. The Labute approximate surface area is 71.9 Å². The maximum absolute atomic E-state index is 8.78. The van der Waals surface area contributed by atoms with Crippen LogP contribution in [0.1, 0.15) is 10.7 Å². The molecule has 0 radical (unpaired) electrons. The average molecular weight is 193 g/mol. The van der Waals surface area contributed by atoms with Crippen LogP contribution in [0.2, 0.25) is 0 Å². The third-order valence-electron chi connectivity index (χ3n) is 0.734. The maximum Gasteiger partial charge on any atom is 0.0897 e. The maximum atomic E-state index is 8.78. The zero-order chi connectivity index (χ0) is 8.85. The van der Waals surface area contributed by atoms with Gasteiger partial charge in [-0.05, 0) is 13.8 Å². The lowest BCUT2D eigenvalue weighted by atomic mass is 10.6. The Morgan fingerprint density at radius 3 is 2.27 bits per heavy atom. The molecule has 1 rings (SSSR count). The van der Waals surface area contributed by atoms with Crippen molar-refractivity contribution < 1.29 is 8.76 Å². The van der Waals surface area contributed by atoms with Gasteiger partial charge in [0.05, 0.1) is 5.01 Å². The molecular formula is C5H9N2O2S2-. The quantitative estimate of drug-likeness (QED) is 0.609. The summed E-state index contributed by atoms with van der Waals surface area (Å²) in [5.41, 5.74) is 1.13. The molecule has 1 aromatic rings. The topological polar surface area (TPSA) is 79.0 Å². The van der Waals surface area contributed by atoms with Gasteiger partial charge in [0, 0.05) is 22.3 Å². The van der Waals surface area contributed by atoms with E-state index in [0.717, 1.165) is 10.7 Å². The molecule has 6 heteroatoms. The number of thiazole rings is 1. The molecule has 1 heterocycles. The number of nitrogens with zero attached hydrogens (tertiary/aromatic N) is 1. The predicted molar refractivity (Wildman–Crippen MR) is 44.7 cm³/mol. The van der Waals surface area contributed by atoms with Gasteiger partial charge in [-0.1, -0.05) is 0 Å². The van der Waals surface area contributed by atoms with Crippen LogP contribution in [0.15, 0.2) is 5.38 Å². The van der Waals surface area contributed by atoms with E-state index in [1.807, 2.05) is 13.8 Å². The molecule has 0 aromatic carbocycles. The van der Waals surface area contributed by atoms with E-state index in [0.29, 0.717) is 0 Å². The fraction of sp³-hybridized carbons (Fsp3) is 0.400. The number of hydrogen-bond acceptors (Lipinski definition) is 4. The summed E-state index contributed by atoms with van der Waals surface area (Å²) in [4.78, 5) is 4.13. The van der Waals surface area contributed by atoms with Gasteiger partial charge < -0.3 is 4.55 Å². The minimum Gasteiger partial charge on any atom is -0.760 e. The largest absolute Gasteiger partial charge is 0.760 e. The van der Waals surface area contributed by atoms with Crippen LogP contribution in [0, 0.1) is 13.8 Å². The minimum absolute atomic E-state index is 1.13. The van der Waals surface area contributed by atoms with Gasteiger partial charge in [-0.3, -0.25) is 9.35 Å². The summed E-state index contributed by atoms with van der Waals surface area (Å²) in [6.45, 7) is 4.02. The van der Waals surface area contributed by atoms with Crippen molar-refractivity contribution in [1.82, 2.24) is 4.98 Å². The van der Waals surface area contributed by atoms with Gasteiger partial charge in [-0.2, -0.15) is 0 Å². The van der Waals surface area contributed by atoms with Crippen LogP contribution < -0.4 is 5.14 Å². The summed E-state index contributed by atoms with van der Waals surface area (Å²) in [5, 5.41) is 7.23. The molecule has 4 nitrogen and oxygen atoms in total. The first-order chi connectivity index (χ1) is 5.02. The standard InChI is InChI=1S/C5H7NS.H3NO2S/c1-4-3-7-5(2)6-4;1-4(2)3/h3H,1-2H3;1H2,(H,2,3)/p-1. The molecule has 0 aliphatic carbocycles. The van der Waals surface area contributed by atoms with Crippen molar-refractivity contribution in [3.05, 3.63) is 16.1 Å². The molecular weight excluding hydrogens is 184 g/mol. The highest BCUT2D eigenvalue weighted by Gasteiger charge is 1.85. The van der Waals surface area contributed by atoms with Crippen LogP contribution in [0.25, 0.3) is 0 Å². The van der Waals surface area contributed by atoms with E-state index in [1.165, 1.54) is 0 Å². The molecule has 0 fully saturated rings. The lowest BCUT2D eigenvalue weighted by molar-refractivity contribution is 0.539. The molecule has 0 saturated heterocycles. The molecule has 0 spiro atoms. The summed E-state index contributed by atoms with van der Waals surface area (Å²) >= 11 is -0.668. The van der Waals surface area contributed by atoms with Gasteiger partial charge in [0.2, 0.25) is 0 Å². The SMILES string of the molecule is Cc1csc(C)n1.NS(=O)[O-]. The highest BCUT2D eigenvalue weighted by Crippen LogP contribution is 2.04. The van der Waals surface area contributed by atoms with Crippen molar-refractivity contribution in [2.75, 3.05) is 0 Å². The van der Waals surface area contributed by atoms with Crippen molar-refractivity contribution in [3.8, 4) is 0 Å². The molecule has 0 bridgehead atoms. The fourth-order valence-corrected chi connectivity index (χ4v) is 1.06. The Morgan fingerprint density at radius 2 is 2.18 bits per heavy atom. The monoisotopic (exact) mass is 193 g/mol. The minimum atomic E-state index is -2.36. The first kappa shape index (κ1) is 10.7. The van der Waals surface area contributed by atoms with Crippen molar-refractivity contribution in [3.63, 3.8) is 0 Å². The second-order valence-corrected chi connectivity index (χ2v) is 3.35. The highest BCUT2D eigenvalue weighted by atomic mass is 32.2. The molecule has 0 aliphatic heterocycles. The van der Waals surface area contributed by atoms with Crippen LogP contribution in [-0.2, 0) is 11.3 Å². The van der Waals surface area contributed by atoms with Gasteiger partial charge in [-0.25, -0.2) is 4.98 Å². The Hall–Kier alpha value is -0.300. The number of hydrogen-bond donors (Lipinski definition) is 1. The van der Waals surface area contributed by atoms with Gasteiger partial charge in [0.1, 0.15) is 0 Å². The number of aryl methyl sites for hydroxylation is 2. The molecule has 0 saturated carbocycles. The van der Waals surface area contributed by atoms with Crippen molar-refractivity contribution >= 4 is 22.6 Å². The number of nitrogens with two attached hydrogens (primary N) is 1. The summed E-state index contributed by atoms with van der Waals surface area (Å²) in [5.74, 6) is 0. The van der Waals surface area contributed by atoms with Crippen LogP contribution in [-0.4, -0.2) is 13.7 Å². The van der Waals surface area contributed by atoms with Crippen molar-refractivity contribution in [1.29, 1.82) is 0 Å². The zero-order valence-corrected chi connectivity index (χ0v) is 7.87. The highest BCUT2D eigenvalue weighted by molar-refractivity contribution is 7.76. The molecule has 64 valence electrons. The van der Waals surface area contributed by atoms with Gasteiger partial charge in [0.25, 0.3) is 0 Å². The Bertz CT molecular complexity index is 216. The summed E-state index contributed by atoms with van der Waals surface area (Å²) in [6, 6.07) is 0. The molecule has 1 aromatic heterocycles. The molecule has 0 amide bonds. The molecule has 11 heavy (non-hydrogen) atoms. The number of aromatic nitrogens is 1. The van der Waals surface area contributed by atoms with Crippen LogP contribution >= 0.6 is 11.3 Å². The van der Waals surface area contributed by atoms with E-state index >= 15 is 0 Å². The van der Waals surface area contributed by atoms with Crippen LogP contribution in [0.4, 0.5) is 0 Å². The van der Waals surface area contributed by atoms with E-state index in [1.54, 1.807) is 11.3 Å². The van der Waals surface area contributed by atoms with Crippen molar-refractivity contribution in [2.45, 2.75) is 13.8 Å². The van der Waals surface area contributed by atoms with E-state index in [2.05, 4.69) is 15.5 Å². The Balaban J connectivity index is 0.000000218. The summed E-state index contributed by atoms with van der Waals surface area (Å²) in [6.07, 6.45) is 0. The molecule has 2 N–H and O–H groups in total. The second kappa shape index (κ2) is 5.36. The third-order valence-corrected chi connectivity index (χ3v) is 1.63. The smallest absolute Gasteiger partial charge is 0.0897 e. The predicted octanol–water partition coefficient (Wildman–Crippen LogP) is 0.499. The average Bonchev–Trinajstić information content (AvgIpc) is 2.13. The van der Waals surface area contributed by atoms with E-state index in [-0.39, 0.29) is 0 Å². The van der Waals surface area contributed by atoms with Crippen molar-refractivity contribution in [2.24, 2.45) is 5.14 Å². The first-order valence-corrected chi connectivity index (χ1v) is 4.76. The van der Waals surface area contributed by atoms with Gasteiger partial charge in [-0.15, -0.1) is 11.3 Å². The summed E-state index contributed by atoms with van der Waals surface area (Å²) in [7, 11) is 0. The Kier molecular flexibility index (Phi) is 5.22. The van der Waals surface area contributed by atoms with Crippen LogP contribution in [0.3, 0.4) is 0 Å². The zero-order valence-electron chi connectivity index (χ0n) is 6.23. The second-order valence-electron chi connectivity index (χ2n) is 1.77. The van der Waals surface area contributed by atoms with Gasteiger partial charge in [0.15, 0.2) is 0 Å². The normalized spacial score (nSPS) is 11.6. The Morgan fingerprint density at radius 1 is 1.73 bits per heavy atom. The summed E-state index contributed by atoms with van der Waals surface area (Å²) < 4.78 is 17.6. The van der Waals surface area contributed by atoms with E-state index in [9.17, 15) is 0 Å². The van der Waals surface area contributed by atoms with E-state index < -0.39 is 11.3 Å². The van der Waals surface area contributed by atoms with E-state index in [4.69, 9.17) is 8.76 Å². The molecule has 0 aliphatic rings. The number of rotatable bonds is 0. The van der Waals surface area contributed by atoms with Gasteiger partial charge >= 0.3 is 0 Å². The molecule has 1 atom stereocenters. The first-order valence-electron chi connectivity index (χ1n) is 2.74.